The largest absolute Gasteiger partial charge is 0.387 e. The molecule has 2 aromatic carbocycles. The van der Waals surface area contributed by atoms with Gasteiger partial charge in [0.25, 0.3) is 0 Å². The maximum atomic E-state index is 12.7. The second kappa shape index (κ2) is 5.98. The van der Waals surface area contributed by atoms with Gasteiger partial charge in [0.05, 0.1) is 17.7 Å². The van der Waals surface area contributed by atoms with Gasteiger partial charge in [0.1, 0.15) is 5.82 Å². The molecule has 0 saturated heterocycles. The Labute approximate surface area is 110 Å². The summed E-state index contributed by atoms with van der Waals surface area (Å²) in [7, 11) is 0. The molecule has 0 aliphatic rings. The Balaban J connectivity index is 1.95. The quantitative estimate of drug-likeness (QED) is 0.884. The third-order valence-corrected chi connectivity index (χ3v) is 2.77. The molecule has 0 heterocycles. The Hall–Kier alpha value is -2.38. The van der Waals surface area contributed by atoms with Crippen molar-refractivity contribution < 1.29 is 9.50 Å². The van der Waals surface area contributed by atoms with Gasteiger partial charge in [-0.05, 0) is 42.0 Å². The van der Waals surface area contributed by atoms with E-state index in [0.29, 0.717) is 12.1 Å². The first-order valence-electron chi connectivity index (χ1n) is 5.86. The van der Waals surface area contributed by atoms with Gasteiger partial charge in [0.15, 0.2) is 0 Å². The molecule has 0 bridgehead atoms. The van der Waals surface area contributed by atoms with Crippen molar-refractivity contribution in [1.29, 1.82) is 5.26 Å². The van der Waals surface area contributed by atoms with Gasteiger partial charge in [-0.2, -0.15) is 5.26 Å². The standard InChI is InChI=1S/C15H13FN2O/c16-13-5-7-14(8-6-13)18-10-15(19)12-3-1-11(9-17)2-4-12/h1-8,15,18-19H,10H2. The minimum absolute atomic E-state index is 0.293. The molecule has 0 saturated carbocycles. The highest BCUT2D eigenvalue weighted by Crippen LogP contribution is 2.15. The van der Waals surface area contributed by atoms with Crippen molar-refractivity contribution in [2.75, 3.05) is 11.9 Å². The molecule has 4 heteroatoms. The summed E-state index contributed by atoms with van der Waals surface area (Å²) >= 11 is 0. The van der Waals surface area contributed by atoms with Crippen LogP contribution in [0.25, 0.3) is 0 Å². The Bertz CT molecular complexity index is 573. The van der Waals surface area contributed by atoms with E-state index < -0.39 is 6.10 Å². The Morgan fingerprint density at radius 3 is 2.32 bits per heavy atom. The fraction of sp³-hybridized carbons (Fsp3) is 0.133. The molecule has 96 valence electrons. The van der Waals surface area contributed by atoms with Crippen LogP contribution in [0.15, 0.2) is 48.5 Å². The summed E-state index contributed by atoms with van der Waals surface area (Å²) in [5, 5.41) is 21.7. The zero-order valence-electron chi connectivity index (χ0n) is 10.2. The van der Waals surface area contributed by atoms with Gasteiger partial charge in [0.2, 0.25) is 0 Å². The number of aliphatic hydroxyl groups is 1. The highest BCUT2D eigenvalue weighted by Gasteiger charge is 2.07. The number of nitrogens with one attached hydrogen (secondary N) is 1. The third-order valence-electron chi connectivity index (χ3n) is 2.77. The van der Waals surface area contributed by atoms with Crippen LogP contribution in [0.2, 0.25) is 0 Å². The van der Waals surface area contributed by atoms with E-state index in [1.165, 1.54) is 12.1 Å². The van der Waals surface area contributed by atoms with E-state index in [0.717, 1.165) is 11.3 Å². The molecule has 1 unspecified atom stereocenters. The van der Waals surface area contributed by atoms with E-state index in [1.807, 2.05) is 6.07 Å². The van der Waals surface area contributed by atoms with E-state index in [-0.39, 0.29) is 5.82 Å². The van der Waals surface area contributed by atoms with Crippen molar-refractivity contribution >= 4 is 5.69 Å². The zero-order chi connectivity index (χ0) is 13.7. The molecule has 19 heavy (non-hydrogen) atoms. The second-order valence-corrected chi connectivity index (χ2v) is 4.14. The first-order valence-corrected chi connectivity index (χ1v) is 5.86. The summed E-state index contributed by atoms with van der Waals surface area (Å²) in [4.78, 5) is 0. The van der Waals surface area contributed by atoms with Crippen LogP contribution in [0.5, 0.6) is 0 Å². The van der Waals surface area contributed by atoms with Crippen LogP contribution >= 0.6 is 0 Å². The Morgan fingerprint density at radius 2 is 1.74 bits per heavy atom. The summed E-state index contributed by atoms with van der Waals surface area (Å²) < 4.78 is 12.7. The van der Waals surface area contributed by atoms with E-state index in [9.17, 15) is 9.50 Å². The molecule has 0 aliphatic heterocycles. The van der Waals surface area contributed by atoms with Gasteiger partial charge >= 0.3 is 0 Å². The lowest BCUT2D eigenvalue weighted by Crippen LogP contribution is -2.12. The van der Waals surface area contributed by atoms with E-state index in [1.54, 1.807) is 36.4 Å². The fourth-order valence-electron chi connectivity index (χ4n) is 1.68. The van der Waals surface area contributed by atoms with Crippen LogP contribution in [0, 0.1) is 17.1 Å². The average molecular weight is 256 g/mol. The summed E-state index contributed by atoms with van der Waals surface area (Å²) in [6.07, 6.45) is -0.683. The molecule has 0 aliphatic carbocycles. The van der Waals surface area contributed by atoms with Crippen LogP contribution in [-0.2, 0) is 0 Å². The lowest BCUT2D eigenvalue weighted by Gasteiger charge is -2.13. The van der Waals surface area contributed by atoms with Crippen LogP contribution in [-0.4, -0.2) is 11.7 Å². The SMILES string of the molecule is N#Cc1ccc(C(O)CNc2ccc(F)cc2)cc1. The van der Waals surface area contributed by atoms with Crippen molar-refractivity contribution in [3.8, 4) is 6.07 Å². The van der Waals surface area contributed by atoms with Crippen LogP contribution in [0.1, 0.15) is 17.2 Å². The number of halogens is 1. The monoisotopic (exact) mass is 256 g/mol. The highest BCUT2D eigenvalue weighted by molar-refractivity contribution is 5.43. The van der Waals surface area contributed by atoms with Gasteiger partial charge in [-0.1, -0.05) is 12.1 Å². The lowest BCUT2D eigenvalue weighted by atomic mass is 10.1. The average Bonchev–Trinajstić information content (AvgIpc) is 2.46. The minimum Gasteiger partial charge on any atom is -0.387 e. The topological polar surface area (TPSA) is 56.0 Å². The van der Waals surface area contributed by atoms with Gasteiger partial charge in [-0.25, -0.2) is 4.39 Å². The lowest BCUT2D eigenvalue weighted by molar-refractivity contribution is 0.191. The van der Waals surface area contributed by atoms with E-state index in [4.69, 9.17) is 5.26 Å². The summed E-state index contributed by atoms with van der Waals surface area (Å²) in [6, 6.07) is 14.7. The van der Waals surface area contributed by atoms with Gasteiger partial charge < -0.3 is 10.4 Å². The van der Waals surface area contributed by atoms with Crippen molar-refractivity contribution in [2.45, 2.75) is 6.10 Å². The molecular formula is C15H13FN2O. The van der Waals surface area contributed by atoms with Crippen molar-refractivity contribution in [3.63, 3.8) is 0 Å². The van der Waals surface area contributed by atoms with Gasteiger partial charge in [-0.3, -0.25) is 0 Å². The predicted octanol–water partition coefficient (Wildman–Crippen LogP) is 2.84. The molecule has 2 N–H and O–H groups in total. The van der Waals surface area contributed by atoms with Crippen molar-refractivity contribution in [3.05, 3.63) is 65.5 Å². The first-order chi connectivity index (χ1) is 9.19. The fourth-order valence-corrected chi connectivity index (χ4v) is 1.68. The van der Waals surface area contributed by atoms with Crippen LogP contribution in [0.3, 0.4) is 0 Å². The predicted molar refractivity (Wildman–Crippen MR) is 71.0 cm³/mol. The smallest absolute Gasteiger partial charge is 0.123 e. The number of hydrogen-bond donors (Lipinski definition) is 2. The Kier molecular flexibility index (Phi) is 4.11. The zero-order valence-corrected chi connectivity index (χ0v) is 10.2. The number of nitrogens with zero attached hydrogens (tertiary/aromatic N) is 1. The number of nitriles is 1. The second-order valence-electron chi connectivity index (χ2n) is 4.14. The van der Waals surface area contributed by atoms with E-state index in [2.05, 4.69) is 5.32 Å². The Morgan fingerprint density at radius 1 is 1.11 bits per heavy atom. The first kappa shape index (κ1) is 13.1. The van der Waals surface area contributed by atoms with Crippen molar-refractivity contribution in [1.82, 2.24) is 0 Å². The summed E-state index contributed by atoms with van der Waals surface area (Å²) in [5.41, 5.74) is 2.03. The maximum Gasteiger partial charge on any atom is 0.123 e. The maximum absolute atomic E-state index is 12.7. The highest BCUT2D eigenvalue weighted by atomic mass is 19.1. The van der Waals surface area contributed by atoms with Gasteiger partial charge in [0, 0.05) is 12.2 Å². The number of aliphatic hydroxyl groups excluding tert-OH is 1. The number of hydrogen-bond acceptors (Lipinski definition) is 3. The molecule has 0 fully saturated rings. The number of anilines is 1. The molecule has 0 spiro atoms. The molecule has 0 radical (unpaired) electrons. The molecule has 1 atom stereocenters. The molecule has 2 aromatic rings. The molecule has 3 nitrogen and oxygen atoms in total. The molecule has 0 aromatic heterocycles. The minimum atomic E-state index is -0.683. The van der Waals surface area contributed by atoms with Gasteiger partial charge in [-0.15, -0.1) is 0 Å². The normalized spacial score (nSPS) is 11.6. The third kappa shape index (κ3) is 3.54. The summed E-state index contributed by atoms with van der Waals surface area (Å²) in [6.45, 7) is 0.317. The van der Waals surface area contributed by atoms with E-state index >= 15 is 0 Å². The van der Waals surface area contributed by atoms with Crippen LogP contribution in [0.4, 0.5) is 10.1 Å². The summed E-state index contributed by atoms with van der Waals surface area (Å²) in [5.74, 6) is -0.293. The van der Waals surface area contributed by atoms with Crippen molar-refractivity contribution in [2.24, 2.45) is 0 Å². The molecular weight excluding hydrogens is 243 g/mol. The van der Waals surface area contributed by atoms with Crippen LogP contribution < -0.4 is 5.32 Å². The number of benzene rings is 2. The molecule has 2 rings (SSSR count). The number of rotatable bonds is 4. The molecule has 0 amide bonds.